The number of unbranched alkanes of at least 4 members (excludes halogenated alkanes) is 1. The van der Waals surface area contributed by atoms with Gasteiger partial charge in [0.2, 0.25) is 0 Å². The second kappa shape index (κ2) is 10.4. The second-order valence-corrected chi connectivity index (χ2v) is 6.93. The number of rotatable bonds is 8. The molecule has 2 rings (SSSR count). The van der Waals surface area contributed by atoms with Gasteiger partial charge in [0.15, 0.2) is 5.96 Å². The van der Waals surface area contributed by atoms with E-state index in [4.69, 9.17) is 9.52 Å². The summed E-state index contributed by atoms with van der Waals surface area (Å²) < 4.78 is 5.23. The molecule has 0 aromatic carbocycles. The van der Waals surface area contributed by atoms with Crippen molar-refractivity contribution < 1.29 is 4.52 Å². The molecule has 1 aromatic rings. The Morgan fingerprint density at radius 1 is 1.28 bits per heavy atom. The molecule has 6 nitrogen and oxygen atoms in total. The van der Waals surface area contributed by atoms with Crippen LogP contribution in [0.2, 0.25) is 0 Å². The average molecular weight is 350 g/mol. The molecule has 6 heteroatoms. The van der Waals surface area contributed by atoms with Crippen molar-refractivity contribution in [1.82, 2.24) is 20.7 Å². The molecule has 0 amide bonds. The third-order valence-electron chi connectivity index (χ3n) is 4.91. The zero-order valence-corrected chi connectivity index (χ0v) is 16.4. The zero-order valence-electron chi connectivity index (χ0n) is 16.4. The van der Waals surface area contributed by atoms with Crippen molar-refractivity contribution >= 4 is 5.96 Å². The Bertz CT molecular complexity index is 512. The Kier molecular flexibility index (Phi) is 8.25. The van der Waals surface area contributed by atoms with Crippen LogP contribution in [0.4, 0.5) is 0 Å². The van der Waals surface area contributed by atoms with Gasteiger partial charge in [0, 0.05) is 37.8 Å². The number of nitrogens with one attached hydrogen (secondary N) is 2. The van der Waals surface area contributed by atoms with E-state index in [0.29, 0.717) is 6.04 Å². The van der Waals surface area contributed by atoms with Gasteiger partial charge in [0.25, 0.3) is 0 Å². The number of aliphatic imine (C=N–C) groups is 1. The van der Waals surface area contributed by atoms with Crippen molar-refractivity contribution in [1.29, 1.82) is 0 Å². The quantitative estimate of drug-likeness (QED) is 0.558. The Morgan fingerprint density at radius 2 is 2.04 bits per heavy atom. The molecule has 1 saturated heterocycles. The van der Waals surface area contributed by atoms with Gasteiger partial charge in [-0.15, -0.1) is 0 Å². The molecule has 142 valence electrons. The van der Waals surface area contributed by atoms with Crippen LogP contribution in [0.1, 0.15) is 56.5 Å². The first-order valence-corrected chi connectivity index (χ1v) is 9.83. The number of nitrogens with zero attached hydrogens (tertiary/aromatic N) is 3. The number of hydrogen-bond acceptors (Lipinski definition) is 4. The van der Waals surface area contributed by atoms with Gasteiger partial charge in [-0.05, 0) is 53.0 Å². The molecular formula is C19H35N5O. The fraction of sp³-hybridized carbons (Fsp3) is 0.789. The number of aromatic nitrogens is 1. The molecule has 0 atom stereocenters. The summed E-state index contributed by atoms with van der Waals surface area (Å²) in [6, 6.07) is 0.523. The second-order valence-electron chi connectivity index (χ2n) is 6.93. The first-order valence-electron chi connectivity index (χ1n) is 9.83. The van der Waals surface area contributed by atoms with Gasteiger partial charge < -0.3 is 20.1 Å². The van der Waals surface area contributed by atoms with Crippen molar-refractivity contribution in [3.05, 3.63) is 17.0 Å². The van der Waals surface area contributed by atoms with Gasteiger partial charge >= 0.3 is 0 Å². The van der Waals surface area contributed by atoms with Gasteiger partial charge in [0.05, 0.1) is 5.69 Å². The molecule has 0 radical (unpaired) electrons. The van der Waals surface area contributed by atoms with Gasteiger partial charge in [-0.1, -0.05) is 18.5 Å². The van der Waals surface area contributed by atoms with Crippen molar-refractivity contribution in [2.75, 3.05) is 32.7 Å². The fourth-order valence-corrected chi connectivity index (χ4v) is 3.33. The van der Waals surface area contributed by atoms with Crippen LogP contribution in [-0.2, 0) is 6.42 Å². The Morgan fingerprint density at radius 3 is 2.64 bits per heavy atom. The average Bonchev–Trinajstić information content (AvgIpc) is 2.93. The maximum Gasteiger partial charge on any atom is 0.191 e. The molecule has 0 saturated carbocycles. The fourth-order valence-electron chi connectivity index (χ4n) is 3.33. The molecular weight excluding hydrogens is 314 g/mol. The normalized spacial score (nSPS) is 17.0. The lowest BCUT2D eigenvalue weighted by atomic mass is 10.0. The number of aryl methyl sites for hydroxylation is 2. The summed E-state index contributed by atoms with van der Waals surface area (Å²) in [5, 5.41) is 11.0. The molecule has 0 aliphatic carbocycles. The molecule has 1 aromatic heterocycles. The first kappa shape index (κ1) is 19.8. The molecule has 0 unspecified atom stereocenters. The third-order valence-corrected chi connectivity index (χ3v) is 4.91. The van der Waals surface area contributed by atoms with Gasteiger partial charge in [-0.25, -0.2) is 0 Å². The lowest BCUT2D eigenvalue weighted by molar-refractivity contribution is 0.203. The summed E-state index contributed by atoms with van der Waals surface area (Å²) in [5.41, 5.74) is 2.16. The van der Waals surface area contributed by atoms with Crippen LogP contribution in [-0.4, -0.2) is 54.8 Å². The van der Waals surface area contributed by atoms with Crippen LogP contribution >= 0.6 is 0 Å². The SMILES string of the molecule is CCCCN1CCC(NC(=NCCc2c(C)noc2C)NCC)CC1. The van der Waals surface area contributed by atoms with E-state index in [9.17, 15) is 0 Å². The molecule has 25 heavy (non-hydrogen) atoms. The highest BCUT2D eigenvalue weighted by Crippen LogP contribution is 2.13. The Labute approximate surface area is 152 Å². The Balaban J connectivity index is 1.80. The topological polar surface area (TPSA) is 65.7 Å². The zero-order chi connectivity index (χ0) is 18.1. The molecule has 0 bridgehead atoms. The van der Waals surface area contributed by atoms with E-state index < -0.39 is 0 Å². The van der Waals surface area contributed by atoms with Crippen molar-refractivity contribution in [3.63, 3.8) is 0 Å². The predicted octanol–water partition coefficient (Wildman–Crippen LogP) is 2.65. The summed E-state index contributed by atoms with van der Waals surface area (Å²) in [7, 11) is 0. The standard InChI is InChI=1S/C19H35N5O/c1-5-7-12-24-13-9-17(10-14-24)22-19(20-6-2)21-11-8-18-15(3)23-25-16(18)4/h17H,5-14H2,1-4H3,(H2,20,21,22). The highest BCUT2D eigenvalue weighted by molar-refractivity contribution is 5.80. The number of likely N-dealkylation sites (tertiary alicyclic amines) is 1. The van der Waals surface area contributed by atoms with Crippen LogP contribution in [0.25, 0.3) is 0 Å². The summed E-state index contributed by atoms with van der Waals surface area (Å²) in [5.74, 6) is 1.84. The molecule has 1 aliphatic rings. The molecule has 0 spiro atoms. The van der Waals surface area contributed by atoms with Crippen molar-refractivity contribution in [2.24, 2.45) is 4.99 Å². The van der Waals surface area contributed by atoms with E-state index in [1.807, 2.05) is 13.8 Å². The smallest absolute Gasteiger partial charge is 0.191 e. The minimum atomic E-state index is 0.523. The van der Waals surface area contributed by atoms with Gasteiger partial charge in [-0.3, -0.25) is 4.99 Å². The number of piperidine rings is 1. The highest BCUT2D eigenvalue weighted by atomic mass is 16.5. The van der Waals surface area contributed by atoms with Crippen LogP contribution in [0.3, 0.4) is 0 Å². The number of hydrogen-bond donors (Lipinski definition) is 2. The summed E-state index contributed by atoms with van der Waals surface area (Å²) in [6.45, 7) is 13.6. The van der Waals surface area contributed by atoms with Gasteiger partial charge in [0.1, 0.15) is 5.76 Å². The van der Waals surface area contributed by atoms with Crippen LogP contribution in [0.15, 0.2) is 9.52 Å². The predicted molar refractivity (Wildman–Crippen MR) is 103 cm³/mol. The largest absolute Gasteiger partial charge is 0.361 e. The van der Waals surface area contributed by atoms with Crippen LogP contribution in [0, 0.1) is 13.8 Å². The van der Waals surface area contributed by atoms with E-state index in [2.05, 4.69) is 34.5 Å². The molecule has 2 heterocycles. The van der Waals surface area contributed by atoms with Gasteiger partial charge in [-0.2, -0.15) is 0 Å². The minimum Gasteiger partial charge on any atom is -0.361 e. The lowest BCUT2D eigenvalue weighted by Crippen LogP contribution is -2.48. The van der Waals surface area contributed by atoms with Crippen LogP contribution in [0.5, 0.6) is 0 Å². The number of guanidine groups is 1. The summed E-state index contributed by atoms with van der Waals surface area (Å²) in [6.07, 6.45) is 5.84. The van der Waals surface area contributed by atoms with Crippen LogP contribution < -0.4 is 10.6 Å². The molecule has 2 N–H and O–H groups in total. The third kappa shape index (κ3) is 6.34. The summed E-state index contributed by atoms with van der Waals surface area (Å²) in [4.78, 5) is 7.33. The molecule has 1 aliphatic heterocycles. The lowest BCUT2D eigenvalue weighted by Gasteiger charge is -2.33. The van der Waals surface area contributed by atoms with E-state index in [1.165, 1.54) is 50.9 Å². The first-order chi connectivity index (χ1) is 12.1. The summed E-state index contributed by atoms with van der Waals surface area (Å²) >= 11 is 0. The van der Waals surface area contributed by atoms with Crippen molar-refractivity contribution in [2.45, 2.75) is 65.8 Å². The maximum absolute atomic E-state index is 5.23. The Hall–Kier alpha value is -1.56. The van der Waals surface area contributed by atoms with E-state index in [0.717, 1.165) is 36.9 Å². The van der Waals surface area contributed by atoms with E-state index >= 15 is 0 Å². The van der Waals surface area contributed by atoms with Crippen molar-refractivity contribution in [3.8, 4) is 0 Å². The maximum atomic E-state index is 5.23. The highest BCUT2D eigenvalue weighted by Gasteiger charge is 2.19. The van der Waals surface area contributed by atoms with E-state index in [1.54, 1.807) is 0 Å². The monoisotopic (exact) mass is 349 g/mol. The minimum absolute atomic E-state index is 0.523. The molecule has 1 fully saturated rings. The van der Waals surface area contributed by atoms with E-state index in [-0.39, 0.29) is 0 Å².